The van der Waals surface area contributed by atoms with Crippen molar-refractivity contribution in [1.29, 1.82) is 0 Å². The van der Waals surface area contributed by atoms with Gasteiger partial charge in [0.05, 0.1) is 0 Å². The lowest BCUT2D eigenvalue weighted by Crippen LogP contribution is -2.48. The third kappa shape index (κ3) is 5.92. The van der Waals surface area contributed by atoms with Crippen LogP contribution in [0, 0.1) is 0 Å². The van der Waals surface area contributed by atoms with Crippen LogP contribution in [-0.4, -0.2) is 28.8 Å². The highest BCUT2D eigenvalue weighted by Crippen LogP contribution is 2.18. The number of benzene rings is 2. The van der Waals surface area contributed by atoms with Gasteiger partial charge in [0.2, 0.25) is 11.8 Å². The average molecular weight is 354 g/mol. The number of carbonyl (C=O) groups is 2. The SMILES string of the molecule is CC(=O)N(CC(=O)Nc1ccc(OCc2ccccc2)cc1)C(C)(C)C. The first-order valence-corrected chi connectivity index (χ1v) is 8.60. The molecule has 0 saturated carbocycles. The Kier molecular flexibility index (Phi) is 6.39. The first-order chi connectivity index (χ1) is 12.3. The minimum absolute atomic E-state index is 0.0189. The monoisotopic (exact) mass is 354 g/mol. The van der Waals surface area contributed by atoms with Crippen molar-refractivity contribution in [2.24, 2.45) is 0 Å². The molecule has 0 spiro atoms. The van der Waals surface area contributed by atoms with E-state index in [-0.39, 0.29) is 18.4 Å². The second-order valence-electron chi connectivity index (χ2n) is 7.12. The zero-order chi connectivity index (χ0) is 19.2. The molecule has 0 aliphatic rings. The number of carbonyl (C=O) groups excluding carboxylic acids is 2. The molecule has 0 saturated heterocycles. The molecule has 0 aliphatic heterocycles. The number of amides is 2. The number of nitrogens with one attached hydrogen (secondary N) is 1. The summed E-state index contributed by atoms with van der Waals surface area (Å²) < 4.78 is 5.73. The topological polar surface area (TPSA) is 58.6 Å². The molecule has 2 amide bonds. The van der Waals surface area contributed by atoms with E-state index < -0.39 is 5.54 Å². The lowest BCUT2D eigenvalue weighted by molar-refractivity contribution is -0.137. The molecule has 0 aliphatic carbocycles. The minimum Gasteiger partial charge on any atom is -0.489 e. The number of anilines is 1. The molecule has 2 aromatic rings. The highest BCUT2D eigenvalue weighted by Gasteiger charge is 2.25. The van der Waals surface area contributed by atoms with Crippen molar-refractivity contribution in [2.45, 2.75) is 39.8 Å². The largest absolute Gasteiger partial charge is 0.489 e. The molecular weight excluding hydrogens is 328 g/mol. The van der Waals surface area contributed by atoms with Gasteiger partial charge in [0, 0.05) is 18.2 Å². The van der Waals surface area contributed by atoms with Gasteiger partial charge in [0.25, 0.3) is 0 Å². The van der Waals surface area contributed by atoms with Crippen LogP contribution in [0.25, 0.3) is 0 Å². The molecule has 0 unspecified atom stereocenters. The van der Waals surface area contributed by atoms with E-state index in [1.54, 1.807) is 17.0 Å². The molecule has 2 aromatic carbocycles. The van der Waals surface area contributed by atoms with Crippen molar-refractivity contribution in [3.05, 3.63) is 60.2 Å². The van der Waals surface area contributed by atoms with E-state index in [1.165, 1.54) is 6.92 Å². The maximum Gasteiger partial charge on any atom is 0.244 e. The van der Waals surface area contributed by atoms with E-state index in [0.717, 1.165) is 11.3 Å². The summed E-state index contributed by atoms with van der Waals surface area (Å²) in [6.45, 7) is 7.69. The van der Waals surface area contributed by atoms with Crippen LogP contribution in [0.4, 0.5) is 5.69 Å². The molecule has 2 rings (SSSR count). The van der Waals surface area contributed by atoms with Crippen LogP contribution in [0.15, 0.2) is 54.6 Å². The van der Waals surface area contributed by atoms with E-state index in [2.05, 4.69) is 5.32 Å². The van der Waals surface area contributed by atoms with E-state index in [0.29, 0.717) is 12.3 Å². The fourth-order valence-electron chi connectivity index (χ4n) is 2.54. The van der Waals surface area contributed by atoms with E-state index >= 15 is 0 Å². The molecule has 5 heteroatoms. The summed E-state index contributed by atoms with van der Waals surface area (Å²) in [6.07, 6.45) is 0. The van der Waals surface area contributed by atoms with Crippen molar-refractivity contribution in [3.63, 3.8) is 0 Å². The summed E-state index contributed by atoms with van der Waals surface area (Å²) in [6, 6.07) is 17.1. The maximum absolute atomic E-state index is 12.2. The van der Waals surface area contributed by atoms with Crippen LogP contribution < -0.4 is 10.1 Å². The fourth-order valence-corrected chi connectivity index (χ4v) is 2.54. The van der Waals surface area contributed by atoms with Gasteiger partial charge >= 0.3 is 0 Å². The maximum atomic E-state index is 12.2. The Bertz CT molecular complexity index is 734. The summed E-state index contributed by atoms with van der Waals surface area (Å²) in [5.41, 5.74) is 1.36. The van der Waals surface area contributed by atoms with E-state index in [4.69, 9.17) is 4.74 Å². The Morgan fingerprint density at radius 3 is 2.15 bits per heavy atom. The number of hydrogen-bond donors (Lipinski definition) is 1. The second kappa shape index (κ2) is 8.52. The summed E-state index contributed by atoms with van der Waals surface area (Å²) in [4.78, 5) is 25.5. The highest BCUT2D eigenvalue weighted by molar-refractivity contribution is 5.94. The molecule has 26 heavy (non-hydrogen) atoms. The summed E-state index contributed by atoms with van der Waals surface area (Å²) in [7, 11) is 0. The molecule has 0 radical (unpaired) electrons. The molecule has 1 N–H and O–H groups in total. The van der Waals surface area contributed by atoms with Gasteiger partial charge in [-0.2, -0.15) is 0 Å². The van der Waals surface area contributed by atoms with Crippen LogP contribution >= 0.6 is 0 Å². The van der Waals surface area contributed by atoms with Crippen LogP contribution in [0.5, 0.6) is 5.75 Å². The molecule has 0 bridgehead atoms. The molecule has 0 heterocycles. The molecular formula is C21H26N2O3. The Hall–Kier alpha value is -2.82. The fraction of sp³-hybridized carbons (Fsp3) is 0.333. The van der Waals surface area contributed by atoms with Gasteiger partial charge in [-0.3, -0.25) is 9.59 Å². The number of nitrogens with zero attached hydrogens (tertiary/aromatic N) is 1. The van der Waals surface area contributed by atoms with Crippen molar-refractivity contribution >= 4 is 17.5 Å². The smallest absolute Gasteiger partial charge is 0.244 e. The standard InChI is InChI=1S/C21H26N2O3/c1-16(24)23(21(2,3)4)14-20(25)22-18-10-12-19(13-11-18)26-15-17-8-6-5-7-9-17/h5-13H,14-15H2,1-4H3,(H,22,25). The van der Waals surface area contributed by atoms with Gasteiger partial charge in [-0.1, -0.05) is 30.3 Å². The van der Waals surface area contributed by atoms with Crippen LogP contribution in [-0.2, 0) is 16.2 Å². The number of rotatable bonds is 6. The lowest BCUT2D eigenvalue weighted by Gasteiger charge is -2.34. The Morgan fingerprint density at radius 2 is 1.62 bits per heavy atom. The summed E-state index contributed by atoms with van der Waals surface area (Å²) in [5.74, 6) is 0.372. The predicted molar refractivity (Wildman–Crippen MR) is 103 cm³/mol. The van der Waals surface area contributed by atoms with Crippen molar-refractivity contribution in [2.75, 3.05) is 11.9 Å². The van der Waals surface area contributed by atoms with Crippen molar-refractivity contribution in [3.8, 4) is 5.75 Å². The zero-order valence-electron chi connectivity index (χ0n) is 15.8. The minimum atomic E-state index is -0.404. The summed E-state index contributed by atoms with van der Waals surface area (Å²) >= 11 is 0. The summed E-state index contributed by atoms with van der Waals surface area (Å²) in [5, 5.41) is 2.81. The Balaban J connectivity index is 1.90. The number of hydrogen-bond acceptors (Lipinski definition) is 3. The third-order valence-corrected chi connectivity index (χ3v) is 3.88. The van der Waals surface area contributed by atoms with Crippen LogP contribution in [0.1, 0.15) is 33.3 Å². The quantitative estimate of drug-likeness (QED) is 0.857. The first-order valence-electron chi connectivity index (χ1n) is 8.60. The Labute approximate surface area is 155 Å². The van der Waals surface area contributed by atoms with Gasteiger partial charge in [-0.15, -0.1) is 0 Å². The Morgan fingerprint density at radius 1 is 1.00 bits per heavy atom. The van der Waals surface area contributed by atoms with Crippen LogP contribution in [0.2, 0.25) is 0 Å². The molecule has 0 fully saturated rings. The number of ether oxygens (including phenoxy) is 1. The van der Waals surface area contributed by atoms with Gasteiger partial charge in [0.15, 0.2) is 0 Å². The third-order valence-electron chi connectivity index (χ3n) is 3.88. The van der Waals surface area contributed by atoms with E-state index in [9.17, 15) is 9.59 Å². The van der Waals surface area contributed by atoms with Crippen molar-refractivity contribution in [1.82, 2.24) is 4.90 Å². The molecule has 0 aromatic heterocycles. The predicted octanol–water partition coefficient (Wildman–Crippen LogP) is 3.85. The normalized spacial score (nSPS) is 10.9. The van der Waals surface area contributed by atoms with Gasteiger partial charge < -0.3 is 15.0 Å². The lowest BCUT2D eigenvalue weighted by atomic mass is 10.1. The average Bonchev–Trinajstić information content (AvgIpc) is 2.59. The van der Waals surface area contributed by atoms with Gasteiger partial charge in [-0.05, 0) is 50.6 Å². The van der Waals surface area contributed by atoms with Gasteiger partial charge in [-0.25, -0.2) is 0 Å². The zero-order valence-corrected chi connectivity index (χ0v) is 15.8. The second-order valence-corrected chi connectivity index (χ2v) is 7.12. The highest BCUT2D eigenvalue weighted by atomic mass is 16.5. The first kappa shape index (κ1) is 19.5. The molecule has 138 valence electrons. The molecule has 5 nitrogen and oxygen atoms in total. The van der Waals surface area contributed by atoms with Gasteiger partial charge in [0.1, 0.15) is 18.9 Å². The van der Waals surface area contributed by atoms with E-state index in [1.807, 2.05) is 63.2 Å². The van der Waals surface area contributed by atoms with Crippen molar-refractivity contribution < 1.29 is 14.3 Å². The molecule has 0 atom stereocenters. The van der Waals surface area contributed by atoms with Crippen LogP contribution in [0.3, 0.4) is 0 Å².